The number of esters is 1. The fourth-order valence-corrected chi connectivity index (χ4v) is 5.89. The van der Waals surface area contributed by atoms with Crippen LogP contribution >= 0.6 is 7.75 Å². The number of nitrogen functional groups attached to an aromatic ring is 1. The number of nitrogens with one attached hydrogen (secondary N) is 1. The zero-order chi connectivity index (χ0) is 28.2. The number of fused-ring (bicyclic) bond motifs is 1. The van der Waals surface area contributed by atoms with Crippen molar-refractivity contribution in [2.75, 3.05) is 26.1 Å². The first-order chi connectivity index (χ1) is 18.5. The largest absolute Gasteiger partial charge is 0.479 e. The van der Waals surface area contributed by atoms with E-state index in [-0.39, 0.29) is 30.5 Å². The SMILES string of the molecule is CCCOC(=O)C(C)NP(=O)(OCC1CC(C)(C)C(n2cnc3c(OC)nc(N)nc32)O1)Oc1ccccc1. The van der Waals surface area contributed by atoms with Crippen molar-refractivity contribution in [3.05, 3.63) is 36.7 Å². The Labute approximate surface area is 226 Å². The molecule has 39 heavy (non-hydrogen) atoms. The molecule has 13 nitrogen and oxygen atoms in total. The van der Waals surface area contributed by atoms with Crippen LogP contribution < -0.4 is 20.1 Å². The second-order valence-electron chi connectivity index (χ2n) is 9.93. The van der Waals surface area contributed by atoms with Crippen LogP contribution in [0.15, 0.2) is 36.7 Å². The predicted molar refractivity (Wildman–Crippen MR) is 143 cm³/mol. The fraction of sp³-hybridized carbons (Fsp3) is 0.520. The van der Waals surface area contributed by atoms with Crippen molar-refractivity contribution in [2.45, 2.75) is 58.9 Å². The molecule has 0 spiro atoms. The van der Waals surface area contributed by atoms with Crippen LogP contribution in [0.1, 0.15) is 46.8 Å². The second-order valence-corrected chi connectivity index (χ2v) is 11.6. The van der Waals surface area contributed by atoms with Crippen molar-refractivity contribution in [1.82, 2.24) is 24.6 Å². The van der Waals surface area contributed by atoms with Crippen LogP contribution in [0.2, 0.25) is 0 Å². The molecular formula is C25H35N6O7P. The first-order valence-corrected chi connectivity index (χ1v) is 14.2. The first-order valence-electron chi connectivity index (χ1n) is 12.7. The molecule has 2 aromatic heterocycles. The molecule has 0 amide bonds. The molecule has 0 saturated carbocycles. The van der Waals surface area contributed by atoms with Crippen LogP contribution in [0.3, 0.4) is 0 Å². The lowest BCUT2D eigenvalue weighted by molar-refractivity contribution is -0.145. The van der Waals surface area contributed by atoms with E-state index >= 15 is 0 Å². The molecule has 0 radical (unpaired) electrons. The first kappa shape index (κ1) is 28.8. The average molecular weight is 563 g/mol. The Morgan fingerprint density at radius 3 is 2.74 bits per heavy atom. The summed E-state index contributed by atoms with van der Waals surface area (Å²) >= 11 is 0. The normalized spacial score (nSPS) is 20.8. The van der Waals surface area contributed by atoms with Gasteiger partial charge in [-0.2, -0.15) is 15.1 Å². The van der Waals surface area contributed by atoms with Crippen molar-refractivity contribution in [3.8, 4) is 11.6 Å². The summed E-state index contributed by atoms with van der Waals surface area (Å²) in [6, 6.07) is 7.65. The standard InChI is InChI=1S/C25H35N6O7P/c1-6-12-35-22(32)16(2)30-39(33,38-17-10-8-7-9-11-17)36-14-18-13-25(3,4)23(37-18)31-15-27-19-20(31)28-24(26)29-21(19)34-5/h7-11,15-16,18,23H,6,12-14H2,1-5H3,(H,30,33)(H2,26,28,29). The number of aromatic nitrogens is 4. The Morgan fingerprint density at radius 2 is 2.05 bits per heavy atom. The third kappa shape index (κ3) is 6.67. The molecule has 0 bridgehead atoms. The van der Waals surface area contributed by atoms with Crippen molar-refractivity contribution in [3.63, 3.8) is 0 Å². The molecule has 1 saturated heterocycles. The third-order valence-electron chi connectivity index (χ3n) is 6.15. The van der Waals surface area contributed by atoms with E-state index in [1.54, 1.807) is 48.1 Å². The van der Waals surface area contributed by atoms with Gasteiger partial charge in [0.15, 0.2) is 11.2 Å². The minimum Gasteiger partial charge on any atom is -0.479 e. The lowest BCUT2D eigenvalue weighted by Gasteiger charge is -2.26. The molecule has 1 aliphatic heterocycles. The van der Waals surface area contributed by atoms with Gasteiger partial charge in [0.05, 0.1) is 32.8 Å². The highest BCUT2D eigenvalue weighted by Gasteiger charge is 2.45. The number of carbonyl (C=O) groups is 1. The van der Waals surface area contributed by atoms with Crippen LogP contribution in [0, 0.1) is 5.41 Å². The van der Waals surface area contributed by atoms with Gasteiger partial charge in [0, 0.05) is 5.41 Å². The van der Waals surface area contributed by atoms with Gasteiger partial charge >= 0.3 is 13.7 Å². The molecule has 3 aromatic rings. The molecule has 1 aliphatic rings. The van der Waals surface area contributed by atoms with Gasteiger partial charge in [-0.3, -0.25) is 13.9 Å². The summed E-state index contributed by atoms with van der Waals surface area (Å²) in [4.78, 5) is 25.2. The average Bonchev–Trinajstić information content (AvgIpc) is 3.45. The van der Waals surface area contributed by atoms with Gasteiger partial charge < -0.3 is 24.5 Å². The van der Waals surface area contributed by atoms with E-state index in [1.807, 2.05) is 20.8 Å². The third-order valence-corrected chi connectivity index (χ3v) is 7.79. The topological polar surface area (TPSA) is 162 Å². The second kappa shape index (κ2) is 11.9. The summed E-state index contributed by atoms with van der Waals surface area (Å²) in [5, 5.41) is 2.70. The summed E-state index contributed by atoms with van der Waals surface area (Å²) in [7, 11) is -2.53. The molecule has 1 aromatic carbocycles. The summed E-state index contributed by atoms with van der Waals surface area (Å²) in [6.07, 6.45) is 1.89. The van der Waals surface area contributed by atoms with Crippen LogP contribution in [-0.2, 0) is 23.4 Å². The van der Waals surface area contributed by atoms with Gasteiger partial charge in [-0.1, -0.05) is 39.0 Å². The molecular weight excluding hydrogens is 527 g/mol. The lowest BCUT2D eigenvalue weighted by atomic mass is 9.87. The minimum atomic E-state index is -4.02. The van der Waals surface area contributed by atoms with Gasteiger partial charge in [-0.05, 0) is 31.9 Å². The molecule has 3 N–H and O–H groups in total. The van der Waals surface area contributed by atoms with Crippen LogP contribution in [-0.4, -0.2) is 58.0 Å². The molecule has 14 heteroatoms. The number of hydrogen-bond acceptors (Lipinski definition) is 11. The van der Waals surface area contributed by atoms with Crippen molar-refractivity contribution >= 4 is 30.8 Å². The van der Waals surface area contributed by atoms with Crippen molar-refractivity contribution in [2.24, 2.45) is 5.41 Å². The highest BCUT2D eigenvalue weighted by Crippen LogP contribution is 2.49. The number of methoxy groups -OCH3 is 1. The number of para-hydroxylation sites is 1. The van der Waals surface area contributed by atoms with Gasteiger partial charge in [0.2, 0.25) is 11.8 Å². The van der Waals surface area contributed by atoms with Gasteiger partial charge in [-0.25, -0.2) is 9.55 Å². The van der Waals surface area contributed by atoms with Crippen molar-refractivity contribution in [1.29, 1.82) is 0 Å². The van der Waals surface area contributed by atoms with E-state index in [9.17, 15) is 9.36 Å². The molecule has 1 fully saturated rings. The number of nitrogens with two attached hydrogens (primary N) is 1. The summed E-state index contributed by atoms with van der Waals surface area (Å²) in [6.45, 7) is 7.69. The molecule has 0 aliphatic carbocycles. The van der Waals surface area contributed by atoms with Gasteiger partial charge in [-0.15, -0.1) is 0 Å². The van der Waals surface area contributed by atoms with E-state index in [0.717, 1.165) is 0 Å². The summed E-state index contributed by atoms with van der Waals surface area (Å²) < 4.78 is 44.0. The number of anilines is 1. The van der Waals surface area contributed by atoms with E-state index < -0.39 is 32.1 Å². The van der Waals surface area contributed by atoms with Crippen molar-refractivity contribution < 1.29 is 32.6 Å². The zero-order valence-corrected chi connectivity index (χ0v) is 23.6. The zero-order valence-electron chi connectivity index (χ0n) is 22.7. The molecule has 4 rings (SSSR count). The highest BCUT2D eigenvalue weighted by molar-refractivity contribution is 7.52. The number of imidazole rings is 1. The highest BCUT2D eigenvalue weighted by atomic mass is 31.2. The van der Waals surface area contributed by atoms with Crippen LogP contribution in [0.4, 0.5) is 5.95 Å². The van der Waals surface area contributed by atoms with E-state index in [4.69, 9.17) is 29.0 Å². The Hall–Kier alpha value is -3.25. The lowest BCUT2D eigenvalue weighted by Crippen LogP contribution is -2.35. The van der Waals surface area contributed by atoms with Gasteiger partial charge in [0.1, 0.15) is 18.0 Å². The molecule has 212 valence electrons. The Kier molecular flexibility index (Phi) is 8.75. The quantitative estimate of drug-likeness (QED) is 0.242. The smallest absolute Gasteiger partial charge is 0.459 e. The Balaban J connectivity index is 1.51. The Bertz CT molecular complexity index is 1340. The van der Waals surface area contributed by atoms with Crippen LogP contribution in [0.5, 0.6) is 11.6 Å². The van der Waals surface area contributed by atoms with E-state index in [1.165, 1.54) is 7.11 Å². The monoisotopic (exact) mass is 562 g/mol. The summed E-state index contributed by atoms with van der Waals surface area (Å²) in [5.41, 5.74) is 6.42. The molecule has 3 heterocycles. The number of benzene rings is 1. The fourth-order valence-electron chi connectivity index (χ4n) is 4.37. The number of rotatable bonds is 12. The van der Waals surface area contributed by atoms with Gasteiger partial charge in [0.25, 0.3) is 0 Å². The number of nitrogens with zero attached hydrogens (tertiary/aromatic N) is 4. The molecule has 4 unspecified atom stereocenters. The van der Waals surface area contributed by atoms with E-state index in [2.05, 4.69) is 20.0 Å². The summed E-state index contributed by atoms with van der Waals surface area (Å²) in [5.74, 6) is 0.0838. The number of carbonyl (C=O) groups excluding carboxylic acids is 1. The number of ether oxygens (including phenoxy) is 3. The number of hydrogen-bond donors (Lipinski definition) is 2. The maximum atomic E-state index is 13.8. The van der Waals surface area contributed by atoms with E-state index in [0.29, 0.717) is 29.8 Å². The predicted octanol–water partition coefficient (Wildman–Crippen LogP) is 3.87. The minimum absolute atomic E-state index is 0.0495. The van der Waals surface area contributed by atoms with Crippen LogP contribution in [0.25, 0.3) is 11.2 Å². The maximum Gasteiger partial charge on any atom is 0.459 e. The molecule has 4 atom stereocenters. The maximum absolute atomic E-state index is 13.8. The Morgan fingerprint density at radius 1 is 1.31 bits per heavy atom.